The maximum Gasteiger partial charge on any atom is 0.204 e. The zero-order valence-electron chi connectivity index (χ0n) is 15.9. The normalized spacial score (nSPS) is 12.1. The van der Waals surface area contributed by atoms with Crippen LogP contribution < -0.4 is 0 Å². The minimum Gasteiger partial charge on any atom is -0.283 e. The Bertz CT molecular complexity index is 1020. The Labute approximate surface area is 175 Å². The highest BCUT2D eigenvalue weighted by Gasteiger charge is 2.17. The van der Waals surface area contributed by atoms with Gasteiger partial charge in [-0.25, -0.2) is 4.68 Å². The molecule has 0 aliphatic rings. The lowest BCUT2D eigenvalue weighted by atomic mass is 10.2. The van der Waals surface area contributed by atoms with Crippen LogP contribution in [-0.4, -0.2) is 32.3 Å². The standard InChI is InChI=1S/C21H22ClN5S/c1-3-25(14-16(2)13-23)15-26-21(28)27(19-7-5-4-6-8-19)20(24-26)17-9-11-18(22)12-10-17/h4-12,16H,3,14-15H2,1-2H3. The summed E-state index contributed by atoms with van der Waals surface area (Å²) >= 11 is 11.8. The third kappa shape index (κ3) is 4.50. The second-order valence-electron chi connectivity index (χ2n) is 6.62. The average molecular weight is 412 g/mol. The zero-order valence-corrected chi connectivity index (χ0v) is 17.5. The number of halogens is 1. The summed E-state index contributed by atoms with van der Waals surface area (Å²) in [7, 11) is 0. The van der Waals surface area contributed by atoms with Crippen LogP contribution in [0.2, 0.25) is 5.02 Å². The van der Waals surface area contributed by atoms with E-state index in [0.717, 1.165) is 23.6 Å². The van der Waals surface area contributed by atoms with Crippen LogP contribution in [0.25, 0.3) is 17.1 Å². The van der Waals surface area contributed by atoms with Gasteiger partial charge in [0, 0.05) is 22.8 Å². The van der Waals surface area contributed by atoms with Crippen molar-refractivity contribution in [2.45, 2.75) is 20.5 Å². The van der Waals surface area contributed by atoms with Gasteiger partial charge < -0.3 is 0 Å². The first-order valence-electron chi connectivity index (χ1n) is 9.16. The quantitative estimate of drug-likeness (QED) is 0.503. The average Bonchev–Trinajstić information content (AvgIpc) is 3.04. The van der Waals surface area contributed by atoms with Gasteiger partial charge in [-0.1, -0.05) is 36.7 Å². The Kier molecular flexibility index (Phi) is 6.63. The second-order valence-corrected chi connectivity index (χ2v) is 7.43. The number of hydrogen-bond acceptors (Lipinski definition) is 4. The molecule has 0 fully saturated rings. The first-order valence-corrected chi connectivity index (χ1v) is 9.95. The van der Waals surface area contributed by atoms with Crippen molar-refractivity contribution in [2.75, 3.05) is 13.1 Å². The van der Waals surface area contributed by atoms with Crippen LogP contribution in [0.5, 0.6) is 0 Å². The predicted molar refractivity (Wildman–Crippen MR) is 115 cm³/mol. The highest BCUT2D eigenvalue weighted by molar-refractivity contribution is 7.71. The Hall–Kier alpha value is -2.46. The van der Waals surface area contributed by atoms with E-state index in [1.54, 1.807) is 0 Å². The lowest BCUT2D eigenvalue weighted by Crippen LogP contribution is -2.30. The first-order chi connectivity index (χ1) is 13.5. The van der Waals surface area contributed by atoms with Crippen LogP contribution in [0.4, 0.5) is 0 Å². The number of nitrogens with zero attached hydrogens (tertiary/aromatic N) is 5. The summed E-state index contributed by atoms with van der Waals surface area (Å²) in [5, 5.41) is 14.6. The predicted octanol–water partition coefficient (Wildman–Crippen LogP) is 5.16. The molecule has 0 radical (unpaired) electrons. The van der Waals surface area contributed by atoms with Gasteiger partial charge in [-0.15, -0.1) is 5.10 Å². The molecule has 0 aliphatic heterocycles. The third-order valence-corrected chi connectivity index (χ3v) is 5.14. The summed E-state index contributed by atoms with van der Waals surface area (Å²) in [6.07, 6.45) is 0. The van der Waals surface area contributed by atoms with E-state index in [1.165, 1.54) is 0 Å². The van der Waals surface area contributed by atoms with E-state index in [9.17, 15) is 0 Å². The van der Waals surface area contributed by atoms with Crippen LogP contribution in [0, 0.1) is 22.0 Å². The molecule has 0 N–H and O–H groups in total. The Morgan fingerprint density at radius 3 is 2.46 bits per heavy atom. The fourth-order valence-corrected chi connectivity index (χ4v) is 3.42. The van der Waals surface area contributed by atoms with Gasteiger partial charge in [-0.05, 0) is 62.1 Å². The number of nitriles is 1. The van der Waals surface area contributed by atoms with Gasteiger partial charge in [0.15, 0.2) is 5.82 Å². The molecular formula is C21H22ClN5S. The molecule has 1 atom stereocenters. The summed E-state index contributed by atoms with van der Waals surface area (Å²) < 4.78 is 4.40. The molecule has 1 heterocycles. The van der Waals surface area contributed by atoms with Gasteiger partial charge in [0.05, 0.1) is 18.7 Å². The molecule has 5 nitrogen and oxygen atoms in total. The van der Waals surface area contributed by atoms with Crippen molar-refractivity contribution in [3.63, 3.8) is 0 Å². The van der Waals surface area contributed by atoms with Crippen molar-refractivity contribution in [1.82, 2.24) is 19.2 Å². The maximum atomic E-state index is 9.13. The lowest BCUT2D eigenvalue weighted by molar-refractivity contribution is 0.202. The van der Waals surface area contributed by atoms with E-state index in [1.807, 2.05) is 70.8 Å². The van der Waals surface area contributed by atoms with Gasteiger partial charge >= 0.3 is 0 Å². The molecule has 0 saturated carbocycles. The minimum absolute atomic E-state index is 0.0546. The zero-order chi connectivity index (χ0) is 20.1. The Balaban J connectivity index is 2.06. The number of benzene rings is 2. The molecule has 0 aliphatic carbocycles. The van der Waals surface area contributed by atoms with Crippen LogP contribution in [-0.2, 0) is 6.67 Å². The monoisotopic (exact) mass is 411 g/mol. The van der Waals surface area contributed by atoms with Gasteiger partial charge in [0.1, 0.15) is 0 Å². The largest absolute Gasteiger partial charge is 0.283 e. The molecule has 3 rings (SSSR count). The van der Waals surface area contributed by atoms with Crippen LogP contribution in [0.3, 0.4) is 0 Å². The van der Waals surface area contributed by atoms with E-state index in [4.69, 9.17) is 34.2 Å². The van der Waals surface area contributed by atoms with E-state index in [-0.39, 0.29) is 5.92 Å². The van der Waals surface area contributed by atoms with Crippen molar-refractivity contribution >= 4 is 23.8 Å². The van der Waals surface area contributed by atoms with Crippen molar-refractivity contribution in [3.8, 4) is 23.1 Å². The molecule has 144 valence electrons. The molecule has 0 saturated heterocycles. The van der Waals surface area contributed by atoms with E-state index < -0.39 is 0 Å². The molecule has 7 heteroatoms. The molecule has 28 heavy (non-hydrogen) atoms. The fraction of sp³-hybridized carbons (Fsp3) is 0.286. The Morgan fingerprint density at radius 2 is 1.86 bits per heavy atom. The summed E-state index contributed by atoms with van der Waals surface area (Å²) in [5.41, 5.74) is 1.89. The van der Waals surface area contributed by atoms with Gasteiger partial charge in [0.2, 0.25) is 4.77 Å². The van der Waals surface area contributed by atoms with Crippen molar-refractivity contribution in [1.29, 1.82) is 5.26 Å². The van der Waals surface area contributed by atoms with Crippen molar-refractivity contribution in [3.05, 3.63) is 64.4 Å². The molecular weight excluding hydrogens is 390 g/mol. The van der Waals surface area contributed by atoms with Crippen LogP contribution in [0.15, 0.2) is 54.6 Å². The third-order valence-electron chi connectivity index (χ3n) is 4.49. The molecule has 1 unspecified atom stereocenters. The van der Waals surface area contributed by atoms with Crippen LogP contribution in [0.1, 0.15) is 13.8 Å². The highest BCUT2D eigenvalue weighted by atomic mass is 35.5. The molecule has 1 aromatic heterocycles. The lowest BCUT2D eigenvalue weighted by Gasteiger charge is -2.20. The first kappa shape index (κ1) is 20.3. The molecule has 2 aromatic carbocycles. The van der Waals surface area contributed by atoms with E-state index in [2.05, 4.69) is 17.9 Å². The smallest absolute Gasteiger partial charge is 0.204 e. The number of aromatic nitrogens is 3. The molecule has 0 spiro atoms. The number of hydrogen-bond donors (Lipinski definition) is 0. The highest BCUT2D eigenvalue weighted by Crippen LogP contribution is 2.24. The molecule has 0 amide bonds. The summed E-state index contributed by atoms with van der Waals surface area (Å²) in [6, 6.07) is 19.8. The maximum absolute atomic E-state index is 9.13. The topological polar surface area (TPSA) is 49.8 Å². The summed E-state index contributed by atoms with van der Waals surface area (Å²) in [6.45, 7) is 6.00. The number of para-hydroxylation sites is 1. The van der Waals surface area contributed by atoms with Crippen molar-refractivity contribution in [2.24, 2.45) is 5.92 Å². The Morgan fingerprint density at radius 1 is 1.18 bits per heavy atom. The summed E-state index contributed by atoms with van der Waals surface area (Å²) in [4.78, 5) is 2.16. The second kappa shape index (κ2) is 9.16. The van der Waals surface area contributed by atoms with Gasteiger partial charge in [0.25, 0.3) is 0 Å². The summed E-state index contributed by atoms with van der Waals surface area (Å²) in [5.74, 6) is 0.707. The fourth-order valence-electron chi connectivity index (χ4n) is 3.00. The number of rotatable bonds is 7. The van der Waals surface area contributed by atoms with E-state index >= 15 is 0 Å². The van der Waals surface area contributed by atoms with E-state index in [0.29, 0.717) is 23.0 Å². The molecule has 3 aromatic rings. The van der Waals surface area contributed by atoms with Gasteiger partial charge in [-0.3, -0.25) is 9.47 Å². The van der Waals surface area contributed by atoms with Gasteiger partial charge in [-0.2, -0.15) is 5.26 Å². The minimum atomic E-state index is -0.0546. The molecule has 0 bridgehead atoms. The van der Waals surface area contributed by atoms with Crippen LogP contribution >= 0.6 is 23.8 Å². The van der Waals surface area contributed by atoms with Crippen molar-refractivity contribution < 1.29 is 0 Å². The SMILES string of the molecule is CCN(CC(C)C#N)Cn1nc(-c2ccc(Cl)cc2)n(-c2ccccc2)c1=S.